The minimum absolute atomic E-state index is 0.337. The Kier molecular flexibility index (Phi) is 5.03. The molecule has 1 aromatic rings. The van der Waals surface area contributed by atoms with E-state index in [0.717, 1.165) is 31.0 Å². The molecule has 0 heterocycles. The van der Waals surface area contributed by atoms with Gasteiger partial charge in [-0.25, -0.2) is 13.1 Å². The van der Waals surface area contributed by atoms with Gasteiger partial charge in [0.2, 0.25) is 10.0 Å². The minimum Gasteiger partial charge on any atom is -0.211 e. The summed E-state index contributed by atoms with van der Waals surface area (Å²) >= 11 is 3.37. The van der Waals surface area contributed by atoms with Crippen molar-refractivity contribution in [2.45, 2.75) is 37.5 Å². The maximum Gasteiger partial charge on any atom is 0.240 e. The zero-order valence-corrected chi connectivity index (χ0v) is 13.6. The zero-order valence-electron chi connectivity index (χ0n) is 11.2. The van der Waals surface area contributed by atoms with E-state index < -0.39 is 10.0 Å². The van der Waals surface area contributed by atoms with Crippen LogP contribution in [0.1, 0.15) is 30.9 Å². The van der Waals surface area contributed by atoms with E-state index in [2.05, 4.69) is 20.7 Å². The van der Waals surface area contributed by atoms with E-state index in [9.17, 15) is 8.42 Å². The van der Waals surface area contributed by atoms with Crippen molar-refractivity contribution in [1.29, 1.82) is 0 Å². The normalized spacial score (nSPS) is 16.3. The lowest BCUT2D eigenvalue weighted by Crippen LogP contribution is -2.28. The van der Waals surface area contributed by atoms with E-state index in [-0.39, 0.29) is 0 Å². The second-order valence-corrected chi connectivity index (χ2v) is 7.78. The average molecular weight is 346 g/mol. The summed E-state index contributed by atoms with van der Waals surface area (Å²) in [5.41, 5.74) is 2.49. The monoisotopic (exact) mass is 345 g/mol. The molecule has 1 atom stereocenters. The third-order valence-electron chi connectivity index (χ3n) is 3.60. The second-order valence-electron chi connectivity index (χ2n) is 5.22. The summed E-state index contributed by atoms with van der Waals surface area (Å²) in [4.78, 5) is 0.402. The van der Waals surface area contributed by atoms with Crippen LogP contribution in [0.25, 0.3) is 0 Å². The van der Waals surface area contributed by atoms with Crippen molar-refractivity contribution in [2.24, 2.45) is 5.92 Å². The predicted molar refractivity (Wildman–Crippen MR) is 81.2 cm³/mol. The lowest BCUT2D eigenvalue weighted by molar-refractivity contribution is 0.532. The molecule has 1 aliphatic carbocycles. The molecular formula is C14H20BrNO2S. The third kappa shape index (κ3) is 3.80. The summed E-state index contributed by atoms with van der Waals surface area (Å²) in [6.07, 6.45) is 4.17. The molecule has 0 aromatic heterocycles. The summed E-state index contributed by atoms with van der Waals surface area (Å²) in [5, 5.41) is 0.898. The number of halogens is 1. The molecule has 0 aliphatic heterocycles. The van der Waals surface area contributed by atoms with Crippen LogP contribution in [-0.4, -0.2) is 20.3 Å². The van der Waals surface area contributed by atoms with Crippen molar-refractivity contribution >= 4 is 26.0 Å². The maximum absolute atomic E-state index is 12.2. The van der Waals surface area contributed by atoms with Gasteiger partial charge in [-0.2, -0.15) is 0 Å². The Morgan fingerprint density at radius 2 is 2.05 bits per heavy atom. The number of fused-ring (bicyclic) bond motifs is 1. The first-order valence-electron chi connectivity index (χ1n) is 6.70. The van der Waals surface area contributed by atoms with Gasteiger partial charge in [-0.1, -0.05) is 28.9 Å². The Hall–Kier alpha value is -0.390. The molecule has 3 nitrogen and oxygen atoms in total. The minimum atomic E-state index is -3.36. The highest BCUT2D eigenvalue weighted by Crippen LogP contribution is 2.24. The predicted octanol–water partition coefficient (Wildman–Crippen LogP) is 2.87. The second kappa shape index (κ2) is 6.37. The van der Waals surface area contributed by atoms with Crippen molar-refractivity contribution in [1.82, 2.24) is 4.72 Å². The molecule has 0 amide bonds. The van der Waals surface area contributed by atoms with Gasteiger partial charge < -0.3 is 0 Å². The number of nitrogens with one attached hydrogen (secondary N) is 1. The highest BCUT2D eigenvalue weighted by molar-refractivity contribution is 9.09. The summed E-state index contributed by atoms with van der Waals surface area (Å²) in [6, 6.07) is 5.51. The van der Waals surface area contributed by atoms with Crippen LogP contribution in [0.3, 0.4) is 0 Å². The van der Waals surface area contributed by atoms with E-state index in [1.165, 1.54) is 11.1 Å². The van der Waals surface area contributed by atoms with E-state index in [0.29, 0.717) is 17.4 Å². The van der Waals surface area contributed by atoms with E-state index in [1.807, 2.05) is 19.1 Å². The quantitative estimate of drug-likeness (QED) is 0.805. The molecule has 0 saturated carbocycles. The molecule has 1 unspecified atom stereocenters. The van der Waals surface area contributed by atoms with Gasteiger partial charge in [0.15, 0.2) is 0 Å². The fourth-order valence-electron chi connectivity index (χ4n) is 2.34. The van der Waals surface area contributed by atoms with Gasteiger partial charge >= 0.3 is 0 Å². The Bertz CT molecular complexity index is 542. The van der Waals surface area contributed by atoms with Crippen LogP contribution in [0.5, 0.6) is 0 Å². The first-order chi connectivity index (χ1) is 9.03. The lowest BCUT2D eigenvalue weighted by atomic mass is 10.1. The van der Waals surface area contributed by atoms with Crippen molar-refractivity contribution in [3.8, 4) is 0 Å². The summed E-state index contributed by atoms with van der Waals surface area (Å²) in [5.74, 6) is 0.337. The largest absolute Gasteiger partial charge is 0.240 e. The first-order valence-corrected chi connectivity index (χ1v) is 9.31. The Morgan fingerprint density at radius 3 is 2.79 bits per heavy atom. The molecule has 1 aromatic carbocycles. The molecule has 0 radical (unpaired) electrons. The van der Waals surface area contributed by atoms with Gasteiger partial charge in [0.25, 0.3) is 0 Å². The van der Waals surface area contributed by atoms with Crippen LogP contribution >= 0.6 is 15.9 Å². The lowest BCUT2D eigenvalue weighted by Gasteiger charge is -2.12. The number of benzene rings is 1. The van der Waals surface area contributed by atoms with Gasteiger partial charge in [0, 0.05) is 11.9 Å². The summed E-state index contributed by atoms with van der Waals surface area (Å²) < 4.78 is 27.1. The number of aryl methyl sites for hydroxylation is 2. The van der Waals surface area contributed by atoms with E-state index >= 15 is 0 Å². The smallest absolute Gasteiger partial charge is 0.211 e. The van der Waals surface area contributed by atoms with E-state index in [1.54, 1.807) is 6.07 Å². The topological polar surface area (TPSA) is 46.2 Å². The number of hydrogen-bond donors (Lipinski definition) is 1. The highest BCUT2D eigenvalue weighted by atomic mass is 79.9. The molecule has 0 fully saturated rings. The van der Waals surface area contributed by atoms with Crippen molar-refractivity contribution in [2.75, 3.05) is 11.9 Å². The summed E-state index contributed by atoms with van der Waals surface area (Å²) in [6.45, 7) is 2.54. The molecule has 0 bridgehead atoms. The number of hydrogen-bond acceptors (Lipinski definition) is 2. The fraction of sp³-hybridized carbons (Fsp3) is 0.571. The number of sulfonamides is 1. The van der Waals surface area contributed by atoms with Gasteiger partial charge in [0.05, 0.1) is 4.90 Å². The van der Waals surface area contributed by atoms with Crippen LogP contribution in [-0.2, 0) is 22.9 Å². The average Bonchev–Trinajstić information content (AvgIpc) is 2.84. The molecule has 19 heavy (non-hydrogen) atoms. The molecule has 1 aliphatic rings. The van der Waals surface area contributed by atoms with Crippen LogP contribution in [0.4, 0.5) is 0 Å². The van der Waals surface area contributed by atoms with Crippen LogP contribution in [0.2, 0.25) is 0 Å². The summed E-state index contributed by atoms with van der Waals surface area (Å²) in [7, 11) is -3.36. The van der Waals surface area contributed by atoms with Gasteiger partial charge in [-0.05, 0) is 54.9 Å². The molecule has 2 rings (SSSR count). The van der Waals surface area contributed by atoms with Crippen LogP contribution < -0.4 is 4.72 Å². The number of alkyl halides is 1. The highest BCUT2D eigenvalue weighted by Gasteiger charge is 2.18. The molecule has 0 saturated heterocycles. The van der Waals surface area contributed by atoms with Crippen molar-refractivity contribution in [3.05, 3.63) is 29.3 Å². The first kappa shape index (κ1) is 15.0. The molecular weight excluding hydrogens is 326 g/mol. The third-order valence-corrected chi connectivity index (χ3v) is 5.48. The van der Waals surface area contributed by atoms with Gasteiger partial charge in [-0.3, -0.25) is 0 Å². The van der Waals surface area contributed by atoms with E-state index in [4.69, 9.17) is 0 Å². The Morgan fingerprint density at radius 1 is 1.32 bits per heavy atom. The standard InChI is InChI=1S/C14H20BrNO2S/c1-11(7-8-15)10-16-19(17,18)14-6-5-12-3-2-4-13(12)9-14/h5-6,9,11,16H,2-4,7-8,10H2,1H3. The number of rotatable bonds is 6. The Balaban J connectivity index is 2.07. The van der Waals surface area contributed by atoms with Crippen LogP contribution in [0.15, 0.2) is 23.1 Å². The van der Waals surface area contributed by atoms with Gasteiger partial charge in [0.1, 0.15) is 0 Å². The van der Waals surface area contributed by atoms with Crippen LogP contribution in [0, 0.1) is 5.92 Å². The van der Waals surface area contributed by atoms with Crippen molar-refractivity contribution in [3.63, 3.8) is 0 Å². The maximum atomic E-state index is 12.2. The molecule has 5 heteroatoms. The SMILES string of the molecule is CC(CCBr)CNS(=O)(=O)c1ccc2c(c1)CCC2. The zero-order chi connectivity index (χ0) is 13.9. The molecule has 106 valence electrons. The van der Waals surface area contributed by atoms with Gasteiger partial charge in [-0.15, -0.1) is 0 Å². The Labute approximate surface area is 124 Å². The van der Waals surface area contributed by atoms with Crippen molar-refractivity contribution < 1.29 is 8.42 Å². The molecule has 1 N–H and O–H groups in total. The fourth-order valence-corrected chi connectivity index (χ4v) is 4.34. The molecule has 0 spiro atoms.